The normalized spacial score (nSPS) is 11.9. The van der Waals surface area contributed by atoms with Crippen LogP contribution in [0.3, 0.4) is 0 Å². The molecule has 4 nitrogen and oxygen atoms in total. The Labute approximate surface area is 119 Å². The first kappa shape index (κ1) is 14.3. The predicted octanol–water partition coefficient (Wildman–Crippen LogP) is 2.80. The lowest BCUT2D eigenvalue weighted by molar-refractivity contribution is 0.392. The summed E-state index contributed by atoms with van der Waals surface area (Å²) in [7, 11) is 3.32. The molecule has 1 N–H and O–H groups in total. The van der Waals surface area contributed by atoms with Gasteiger partial charge in [0.2, 0.25) is 0 Å². The zero-order valence-electron chi connectivity index (χ0n) is 12.1. The van der Waals surface area contributed by atoms with Crippen molar-refractivity contribution in [2.45, 2.75) is 13.0 Å². The summed E-state index contributed by atoms with van der Waals surface area (Å²) in [5.74, 6) is 1.57. The highest BCUT2D eigenvalue weighted by molar-refractivity contribution is 5.42. The number of benzene rings is 1. The second-order valence-electron chi connectivity index (χ2n) is 4.42. The van der Waals surface area contributed by atoms with Crippen molar-refractivity contribution in [2.24, 2.45) is 0 Å². The number of rotatable bonds is 6. The van der Waals surface area contributed by atoms with Gasteiger partial charge in [0.15, 0.2) is 0 Å². The highest BCUT2D eigenvalue weighted by atomic mass is 16.5. The van der Waals surface area contributed by atoms with Gasteiger partial charge in [-0.15, -0.1) is 0 Å². The fraction of sp³-hybridized carbons (Fsp3) is 0.312. The molecule has 0 aliphatic heterocycles. The number of nitrogens with one attached hydrogen (secondary N) is 1. The highest BCUT2D eigenvalue weighted by Crippen LogP contribution is 2.29. The second kappa shape index (κ2) is 6.91. The number of hydrogen-bond donors (Lipinski definition) is 1. The van der Waals surface area contributed by atoms with E-state index in [1.807, 2.05) is 30.5 Å². The van der Waals surface area contributed by atoms with Gasteiger partial charge in [-0.05, 0) is 35.9 Å². The molecule has 1 aromatic heterocycles. The van der Waals surface area contributed by atoms with Gasteiger partial charge < -0.3 is 14.8 Å². The van der Waals surface area contributed by atoms with Crippen LogP contribution < -0.4 is 14.8 Å². The summed E-state index contributed by atoms with van der Waals surface area (Å²) in [6.07, 6.45) is 3.65. The molecule has 1 heterocycles. The SMILES string of the molecule is CCNC(c1cccnc1)c1cc(OC)cc(OC)c1. The van der Waals surface area contributed by atoms with Crippen molar-refractivity contribution in [2.75, 3.05) is 20.8 Å². The molecular weight excluding hydrogens is 252 g/mol. The molecular formula is C16H20N2O2. The topological polar surface area (TPSA) is 43.4 Å². The number of hydrogen-bond acceptors (Lipinski definition) is 4. The van der Waals surface area contributed by atoms with Crippen molar-refractivity contribution < 1.29 is 9.47 Å². The minimum atomic E-state index is 0.0673. The Morgan fingerprint density at radius 2 is 1.80 bits per heavy atom. The minimum Gasteiger partial charge on any atom is -0.497 e. The van der Waals surface area contributed by atoms with E-state index in [9.17, 15) is 0 Å². The Bertz CT molecular complexity index is 521. The third kappa shape index (κ3) is 3.27. The lowest BCUT2D eigenvalue weighted by atomic mass is 9.99. The van der Waals surface area contributed by atoms with Gasteiger partial charge in [-0.1, -0.05) is 13.0 Å². The van der Waals surface area contributed by atoms with Crippen LogP contribution in [0.4, 0.5) is 0 Å². The lowest BCUT2D eigenvalue weighted by Gasteiger charge is -2.20. The number of nitrogens with zero attached hydrogens (tertiary/aromatic N) is 1. The summed E-state index contributed by atoms with van der Waals surface area (Å²) >= 11 is 0. The summed E-state index contributed by atoms with van der Waals surface area (Å²) in [5, 5.41) is 3.47. The maximum atomic E-state index is 5.34. The summed E-state index contributed by atoms with van der Waals surface area (Å²) < 4.78 is 10.7. The Balaban J connectivity index is 2.43. The molecule has 0 saturated heterocycles. The molecule has 0 fully saturated rings. The first-order valence-electron chi connectivity index (χ1n) is 6.64. The number of ether oxygens (including phenoxy) is 2. The molecule has 4 heteroatoms. The van der Waals surface area contributed by atoms with Gasteiger partial charge in [0.05, 0.1) is 20.3 Å². The largest absolute Gasteiger partial charge is 0.497 e. The number of methoxy groups -OCH3 is 2. The summed E-state index contributed by atoms with van der Waals surface area (Å²) in [6, 6.07) is 9.97. The van der Waals surface area contributed by atoms with E-state index in [0.29, 0.717) is 0 Å². The van der Waals surface area contributed by atoms with Gasteiger partial charge in [-0.2, -0.15) is 0 Å². The van der Waals surface area contributed by atoms with Crippen molar-refractivity contribution >= 4 is 0 Å². The molecule has 106 valence electrons. The smallest absolute Gasteiger partial charge is 0.122 e. The third-order valence-corrected chi connectivity index (χ3v) is 3.13. The molecule has 1 aromatic carbocycles. The van der Waals surface area contributed by atoms with Crippen LogP contribution in [-0.4, -0.2) is 25.7 Å². The second-order valence-corrected chi connectivity index (χ2v) is 4.42. The van der Waals surface area contributed by atoms with E-state index in [-0.39, 0.29) is 6.04 Å². The van der Waals surface area contributed by atoms with Crippen molar-refractivity contribution in [3.8, 4) is 11.5 Å². The fourth-order valence-electron chi connectivity index (χ4n) is 2.18. The van der Waals surface area contributed by atoms with Crippen LogP contribution in [0.2, 0.25) is 0 Å². The van der Waals surface area contributed by atoms with E-state index in [1.54, 1.807) is 20.4 Å². The molecule has 0 aliphatic carbocycles. The third-order valence-electron chi connectivity index (χ3n) is 3.13. The van der Waals surface area contributed by atoms with E-state index < -0.39 is 0 Å². The standard InChI is InChI=1S/C16H20N2O2/c1-4-18-16(12-6-5-7-17-11-12)13-8-14(19-2)10-15(9-13)20-3/h5-11,16,18H,4H2,1-3H3. The van der Waals surface area contributed by atoms with Gasteiger partial charge in [0.25, 0.3) is 0 Å². The van der Waals surface area contributed by atoms with Crippen LogP contribution in [0.5, 0.6) is 11.5 Å². The first-order valence-corrected chi connectivity index (χ1v) is 6.64. The summed E-state index contributed by atoms with van der Waals surface area (Å²) in [6.45, 7) is 2.94. The number of aromatic nitrogens is 1. The van der Waals surface area contributed by atoms with E-state index in [2.05, 4.69) is 23.3 Å². The summed E-state index contributed by atoms with van der Waals surface area (Å²) in [5.41, 5.74) is 2.21. The van der Waals surface area contributed by atoms with E-state index in [0.717, 1.165) is 29.2 Å². The number of pyridine rings is 1. The molecule has 0 bridgehead atoms. The quantitative estimate of drug-likeness (QED) is 0.878. The van der Waals surface area contributed by atoms with Gasteiger partial charge in [-0.25, -0.2) is 0 Å². The molecule has 0 aliphatic rings. The van der Waals surface area contributed by atoms with Gasteiger partial charge in [0.1, 0.15) is 11.5 Å². The van der Waals surface area contributed by atoms with Crippen molar-refractivity contribution in [3.63, 3.8) is 0 Å². The lowest BCUT2D eigenvalue weighted by Crippen LogP contribution is -2.22. The zero-order valence-corrected chi connectivity index (χ0v) is 12.1. The van der Waals surface area contributed by atoms with Crippen LogP contribution >= 0.6 is 0 Å². The van der Waals surface area contributed by atoms with Gasteiger partial charge in [0, 0.05) is 18.5 Å². The predicted molar refractivity (Wildman–Crippen MR) is 79.3 cm³/mol. The Hall–Kier alpha value is -2.07. The van der Waals surface area contributed by atoms with Gasteiger partial charge >= 0.3 is 0 Å². The van der Waals surface area contributed by atoms with Crippen molar-refractivity contribution in [1.29, 1.82) is 0 Å². The van der Waals surface area contributed by atoms with Crippen LogP contribution in [0, 0.1) is 0 Å². The fourth-order valence-corrected chi connectivity index (χ4v) is 2.18. The average molecular weight is 272 g/mol. The highest BCUT2D eigenvalue weighted by Gasteiger charge is 2.15. The van der Waals surface area contributed by atoms with Gasteiger partial charge in [-0.3, -0.25) is 4.98 Å². The Morgan fingerprint density at radius 3 is 2.30 bits per heavy atom. The Morgan fingerprint density at radius 1 is 1.10 bits per heavy atom. The van der Waals surface area contributed by atoms with Crippen molar-refractivity contribution in [1.82, 2.24) is 10.3 Å². The minimum absolute atomic E-state index is 0.0673. The Kier molecular flexibility index (Phi) is 4.96. The summed E-state index contributed by atoms with van der Waals surface area (Å²) in [4.78, 5) is 4.20. The molecule has 0 saturated carbocycles. The zero-order chi connectivity index (χ0) is 14.4. The van der Waals surface area contributed by atoms with Crippen molar-refractivity contribution in [3.05, 3.63) is 53.9 Å². The molecule has 2 aromatic rings. The van der Waals surface area contributed by atoms with E-state index >= 15 is 0 Å². The molecule has 0 amide bonds. The monoisotopic (exact) mass is 272 g/mol. The van der Waals surface area contributed by atoms with Crippen LogP contribution in [0.1, 0.15) is 24.1 Å². The first-order chi connectivity index (χ1) is 9.78. The maximum absolute atomic E-state index is 5.34. The van der Waals surface area contributed by atoms with Crippen LogP contribution in [0.15, 0.2) is 42.7 Å². The van der Waals surface area contributed by atoms with E-state index in [4.69, 9.17) is 9.47 Å². The maximum Gasteiger partial charge on any atom is 0.122 e. The molecule has 1 unspecified atom stereocenters. The molecule has 2 rings (SSSR count). The average Bonchev–Trinajstić information content (AvgIpc) is 2.52. The molecule has 0 radical (unpaired) electrons. The molecule has 20 heavy (non-hydrogen) atoms. The van der Waals surface area contributed by atoms with Crippen LogP contribution in [-0.2, 0) is 0 Å². The molecule has 1 atom stereocenters. The van der Waals surface area contributed by atoms with Crippen LogP contribution in [0.25, 0.3) is 0 Å². The van der Waals surface area contributed by atoms with E-state index in [1.165, 1.54) is 0 Å². The molecule has 0 spiro atoms.